The van der Waals surface area contributed by atoms with E-state index >= 15 is 0 Å². The maximum atomic E-state index is 13.2. The van der Waals surface area contributed by atoms with E-state index in [1.807, 2.05) is 25.1 Å². The predicted octanol–water partition coefficient (Wildman–Crippen LogP) is 3.25. The number of aryl methyl sites for hydroxylation is 1. The average molecular weight is 381 g/mol. The summed E-state index contributed by atoms with van der Waals surface area (Å²) in [5.74, 6) is 0.283. The van der Waals surface area contributed by atoms with Crippen LogP contribution >= 0.6 is 11.8 Å². The summed E-state index contributed by atoms with van der Waals surface area (Å²) in [7, 11) is -2.50. The number of ether oxygens (including phenoxy) is 1. The van der Waals surface area contributed by atoms with Gasteiger partial charge in [0.2, 0.25) is 0 Å². The molecule has 25 heavy (non-hydrogen) atoms. The second-order valence-corrected chi connectivity index (χ2v) is 8.19. The Labute approximate surface area is 153 Å². The van der Waals surface area contributed by atoms with E-state index in [0.717, 1.165) is 39.9 Å². The van der Waals surface area contributed by atoms with Crippen molar-refractivity contribution >= 4 is 27.5 Å². The van der Waals surface area contributed by atoms with Gasteiger partial charge in [-0.05, 0) is 54.3 Å². The number of methoxy groups -OCH3 is 1. The Morgan fingerprint density at radius 2 is 2.08 bits per heavy atom. The lowest BCUT2D eigenvalue weighted by Crippen LogP contribution is -2.28. The van der Waals surface area contributed by atoms with E-state index in [4.69, 9.17) is 16.5 Å². The number of hydrogen-bond donors (Lipinski definition) is 1. The van der Waals surface area contributed by atoms with Gasteiger partial charge in [-0.3, -0.25) is 0 Å². The molecule has 2 aromatic carbocycles. The van der Waals surface area contributed by atoms with Crippen LogP contribution in [0.2, 0.25) is 0 Å². The number of anilines is 1. The molecule has 0 saturated carbocycles. The molecule has 1 N–H and O–H groups in total. The zero-order chi connectivity index (χ0) is 18.0. The minimum Gasteiger partial charge on any atom is -0.495 e. The fraction of sp³-hybridized carbons (Fsp3) is 0.333. The summed E-state index contributed by atoms with van der Waals surface area (Å²) >= 11 is 6.36. The summed E-state index contributed by atoms with van der Waals surface area (Å²) in [6.07, 6.45) is 1.57. The van der Waals surface area contributed by atoms with Crippen LogP contribution in [0.3, 0.4) is 0 Å². The summed E-state index contributed by atoms with van der Waals surface area (Å²) in [4.78, 5) is 0.0747. The van der Waals surface area contributed by atoms with Crippen molar-refractivity contribution in [3.8, 4) is 5.75 Å². The quantitative estimate of drug-likeness (QED) is 0.809. The minimum absolute atomic E-state index is 0.0747. The maximum absolute atomic E-state index is 13.2. The average Bonchev–Trinajstić information content (AvgIpc) is 2.66. The van der Waals surface area contributed by atoms with Gasteiger partial charge < -0.3 is 10.1 Å². The van der Waals surface area contributed by atoms with Crippen LogP contribution < -0.4 is 13.9 Å². The Kier molecular flexibility index (Phi) is 5.22. The molecular formula is C18H21ClN2O3S. The summed E-state index contributed by atoms with van der Waals surface area (Å²) < 4.78 is 32.4. The highest BCUT2D eigenvalue weighted by atomic mass is 35.5. The van der Waals surface area contributed by atoms with Crippen LogP contribution in [-0.2, 0) is 29.4 Å². The third kappa shape index (κ3) is 3.34. The van der Waals surface area contributed by atoms with Crippen LogP contribution in [0.4, 0.5) is 5.69 Å². The first-order chi connectivity index (χ1) is 12.0. The Bertz CT molecular complexity index is 884. The van der Waals surface area contributed by atoms with Gasteiger partial charge in [0.15, 0.2) is 0 Å². The molecule has 0 spiro atoms. The van der Waals surface area contributed by atoms with E-state index < -0.39 is 10.0 Å². The van der Waals surface area contributed by atoms with Gasteiger partial charge in [0, 0.05) is 18.3 Å². The minimum atomic E-state index is -3.95. The van der Waals surface area contributed by atoms with E-state index in [1.54, 1.807) is 18.2 Å². The lowest BCUT2D eigenvalue weighted by Gasteiger charge is -2.25. The molecule has 0 bridgehead atoms. The second kappa shape index (κ2) is 7.23. The number of sulfonamides is 1. The number of hydrogen-bond acceptors (Lipinski definition) is 4. The van der Waals surface area contributed by atoms with Crippen molar-refractivity contribution in [2.45, 2.75) is 31.2 Å². The Morgan fingerprint density at radius 3 is 2.80 bits per heavy atom. The lowest BCUT2D eigenvalue weighted by atomic mass is 10.00. The normalized spacial score (nSPS) is 14.0. The van der Waals surface area contributed by atoms with Crippen LogP contribution in [0.5, 0.6) is 5.75 Å². The summed E-state index contributed by atoms with van der Waals surface area (Å²) in [6.45, 7) is 3.43. The summed E-state index contributed by atoms with van der Waals surface area (Å²) in [5.41, 5.74) is 3.42. The van der Waals surface area contributed by atoms with Gasteiger partial charge in [-0.15, -0.1) is 0 Å². The molecule has 0 aliphatic carbocycles. The van der Waals surface area contributed by atoms with Crippen molar-refractivity contribution in [1.82, 2.24) is 5.32 Å². The highest BCUT2D eigenvalue weighted by molar-refractivity contribution is 7.94. The molecule has 5 nitrogen and oxygen atoms in total. The first-order valence-corrected chi connectivity index (χ1v) is 9.96. The Morgan fingerprint density at radius 1 is 1.28 bits per heavy atom. The standard InChI is InChI=1S/C18H21ClN2O3S/c1-3-13-7-8-17(24-2)18(11-13)25(22,23)21(19)16-6-4-5-14-9-10-20-12-15(14)16/h4-8,11,20H,3,9-10,12H2,1-2H3. The van der Waals surface area contributed by atoms with E-state index in [9.17, 15) is 8.42 Å². The number of fused-ring (bicyclic) bond motifs is 1. The highest BCUT2D eigenvalue weighted by Crippen LogP contribution is 2.35. The maximum Gasteiger partial charge on any atom is 0.281 e. The van der Waals surface area contributed by atoms with Crippen molar-refractivity contribution in [3.63, 3.8) is 0 Å². The molecule has 1 heterocycles. The van der Waals surface area contributed by atoms with Gasteiger partial charge in [0.25, 0.3) is 10.0 Å². The molecule has 0 unspecified atom stereocenters. The number of rotatable bonds is 5. The number of halogens is 1. The second-order valence-electron chi connectivity index (χ2n) is 5.90. The molecule has 0 fully saturated rings. The van der Waals surface area contributed by atoms with E-state index in [0.29, 0.717) is 12.2 Å². The molecule has 1 aliphatic rings. The zero-order valence-electron chi connectivity index (χ0n) is 14.3. The van der Waals surface area contributed by atoms with Gasteiger partial charge in [0.1, 0.15) is 10.6 Å². The number of nitrogens with one attached hydrogen (secondary N) is 1. The third-order valence-electron chi connectivity index (χ3n) is 4.44. The Hall–Kier alpha value is -1.76. The van der Waals surface area contributed by atoms with Crippen LogP contribution in [0.1, 0.15) is 23.6 Å². The smallest absolute Gasteiger partial charge is 0.281 e. The zero-order valence-corrected chi connectivity index (χ0v) is 15.8. The molecule has 0 atom stereocenters. The lowest BCUT2D eigenvalue weighted by molar-refractivity contribution is 0.402. The number of benzene rings is 2. The molecule has 0 amide bonds. The predicted molar refractivity (Wildman–Crippen MR) is 99.7 cm³/mol. The molecule has 0 saturated heterocycles. The van der Waals surface area contributed by atoms with Crippen molar-refractivity contribution in [2.24, 2.45) is 0 Å². The first-order valence-electron chi connectivity index (χ1n) is 8.18. The molecular weight excluding hydrogens is 360 g/mol. The third-order valence-corrected chi connectivity index (χ3v) is 6.66. The topological polar surface area (TPSA) is 58.6 Å². The SMILES string of the molecule is CCc1ccc(OC)c(S(=O)(=O)N(Cl)c2cccc3c2CNCC3)c1. The van der Waals surface area contributed by atoms with Gasteiger partial charge in [-0.25, -0.2) is 0 Å². The molecule has 134 valence electrons. The van der Waals surface area contributed by atoms with E-state index in [1.165, 1.54) is 7.11 Å². The monoisotopic (exact) mass is 380 g/mol. The fourth-order valence-electron chi connectivity index (χ4n) is 3.02. The van der Waals surface area contributed by atoms with E-state index in [-0.39, 0.29) is 10.6 Å². The molecule has 1 aliphatic heterocycles. The molecule has 3 rings (SSSR count). The molecule has 0 aromatic heterocycles. The van der Waals surface area contributed by atoms with Crippen LogP contribution in [0.25, 0.3) is 0 Å². The van der Waals surface area contributed by atoms with Crippen molar-refractivity contribution in [3.05, 3.63) is 53.1 Å². The van der Waals surface area contributed by atoms with Crippen LogP contribution in [0.15, 0.2) is 41.3 Å². The van der Waals surface area contributed by atoms with E-state index in [2.05, 4.69) is 5.32 Å². The van der Waals surface area contributed by atoms with Gasteiger partial charge in [0.05, 0.1) is 12.8 Å². The summed E-state index contributed by atoms with van der Waals surface area (Å²) in [5, 5.41) is 3.26. The Balaban J connectivity index is 2.10. The highest BCUT2D eigenvalue weighted by Gasteiger charge is 2.30. The first kappa shape index (κ1) is 18.0. The molecule has 7 heteroatoms. The molecule has 2 aromatic rings. The van der Waals surface area contributed by atoms with Gasteiger partial charge >= 0.3 is 0 Å². The van der Waals surface area contributed by atoms with Gasteiger partial charge in [-0.2, -0.15) is 12.2 Å². The van der Waals surface area contributed by atoms with Gasteiger partial charge in [-0.1, -0.05) is 25.1 Å². The van der Waals surface area contributed by atoms with Crippen molar-refractivity contribution in [2.75, 3.05) is 17.5 Å². The summed E-state index contributed by atoms with van der Waals surface area (Å²) in [6, 6.07) is 10.7. The van der Waals surface area contributed by atoms with Crippen molar-refractivity contribution < 1.29 is 13.2 Å². The van der Waals surface area contributed by atoms with Crippen LogP contribution in [-0.4, -0.2) is 22.1 Å². The fourth-order valence-corrected chi connectivity index (χ4v) is 4.71. The van der Waals surface area contributed by atoms with Crippen molar-refractivity contribution in [1.29, 1.82) is 0 Å². The van der Waals surface area contributed by atoms with Crippen LogP contribution in [0, 0.1) is 0 Å². The largest absolute Gasteiger partial charge is 0.495 e. The molecule has 0 radical (unpaired) electrons. The number of nitrogens with zero attached hydrogens (tertiary/aromatic N) is 1.